The molecule has 128 valence electrons. The van der Waals surface area contributed by atoms with Gasteiger partial charge in [0.05, 0.1) is 13.1 Å². The maximum atomic E-state index is 11.7. The van der Waals surface area contributed by atoms with E-state index in [9.17, 15) is 9.59 Å². The monoisotopic (exact) mass is 334 g/mol. The summed E-state index contributed by atoms with van der Waals surface area (Å²) in [4.78, 5) is 32.1. The summed E-state index contributed by atoms with van der Waals surface area (Å²) in [5.41, 5.74) is 0. The van der Waals surface area contributed by atoms with Gasteiger partial charge in [0.1, 0.15) is 18.5 Å². The largest absolute Gasteiger partial charge is 1.00 e. The number of rotatable bonds is 13. The van der Waals surface area contributed by atoms with E-state index in [4.69, 9.17) is 4.84 Å². The minimum absolute atomic E-state index is 0. The van der Waals surface area contributed by atoms with Gasteiger partial charge in [-0.15, -0.1) is 0 Å². The number of carbonyl (C=O) groups is 2. The molecule has 6 heteroatoms. The third kappa shape index (κ3) is 12.7. The molecular formula is C17H31N2NaO3. The molecule has 0 aromatic carbocycles. The Bertz CT molecular complexity index is 368. The molecule has 0 amide bonds. The zero-order valence-corrected chi connectivity index (χ0v) is 16.9. The molecule has 1 aliphatic heterocycles. The molecule has 23 heavy (non-hydrogen) atoms. The molecule has 0 N–H and O–H groups in total. The molecule has 0 aliphatic carbocycles. The average molecular weight is 334 g/mol. The van der Waals surface area contributed by atoms with Gasteiger partial charge in [-0.25, -0.2) is 4.79 Å². The fraction of sp³-hybridized carbons (Fsp3) is 0.824. The molecule has 0 radical (unpaired) electrons. The fourth-order valence-corrected chi connectivity index (χ4v) is 2.48. The van der Waals surface area contributed by atoms with E-state index in [1.807, 2.05) is 0 Å². The number of hydrogen-bond donors (Lipinski definition) is 0. The van der Waals surface area contributed by atoms with Crippen LogP contribution in [0, 0.1) is 0 Å². The van der Waals surface area contributed by atoms with Crippen molar-refractivity contribution in [3.63, 3.8) is 0 Å². The summed E-state index contributed by atoms with van der Waals surface area (Å²) < 4.78 is 0. The molecule has 0 saturated carbocycles. The summed E-state index contributed by atoms with van der Waals surface area (Å²) >= 11 is 0. The van der Waals surface area contributed by atoms with Crippen molar-refractivity contribution in [2.75, 3.05) is 13.1 Å². The molecule has 1 rings (SSSR count). The van der Waals surface area contributed by atoms with E-state index in [2.05, 4.69) is 11.9 Å². The Morgan fingerprint density at radius 2 is 1.70 bits per heavy atom. The second-order valence-electron chi connectivity index (χ2n) is 5.92. The molecule has 0 aromatic rings. The maximum absolute atomic E-state index is 11.7. The molecule has 0 fully saturated rings. The van der Waals surface area contributed by atoms with Crippen LogP contribution >= 0.6 is 0 Å². The standard InChI is InChI=1S/C17H30N2O3.Na.H/c1-2-3-4-5-6-7-8-9-10-11-16(20)14-17(21)22-19-13-12-18-15-19;;/h15H,2-14H2,1H3;;/q;+1;-1. The summed E-state index contributed by atoms with van der Waals surface area (Å²) in [6.07, 6.45) is 12.9. The van der Waals surface area contributed by atoms with Crippen molar-refractivity contribution in [3.8, 4) is 0 Å². The van der Waals surface area contributed by atoms with Crippen molar-refractivity contribution >= 4 is 18.1 Å². The van der Waals surface area contributed by atoms with Crippen molar-refractivity contribution < 1.29 is 45.4 Å². The zero-order valence-electron chi connectivity index (χ0n) is 15.9. The van der Waals surface area contributed by atoms with Crippen LogP contribution in [0.1, 0.15) is 79.0 Å². The van der Waals surface area contributed by atoms with Gasteiger partial charge in [-0.1, -0.05) is 58.3 Å². The van der Waals surface area contributed by atoms with Crippen LogP contribution in [0.4, 0.5) is 0 Å². The number of hydroxylamine groups is 2. The minimum atomic E-state index is -0.478. The van der Waals surface area contributed by atoms with Gasteiger partial charge in [-0.05, 0) is 6.42 Å². The van der Waals surface area contributed by atoms with Gasteiger partial charge in [0.2, 0.25) is 0 Å². The molecule has 1 heterocycles. The molecular weight excluding hydrogens is 303 g/mol. The van der Waals surface area contributed by atoms with Crippen LogP contribution in [0.2, 0.25) is 0 Å². The van der Waals surface area contributed by atoms with E-state index in [-0.39, 0.29) is 43.2 Å². The Labute approximate surface area is 164 Å². The molecule has 0 aromatic heterocycles. The van der Waals surface area contributed by atoms with Crippen LogP contribution in [0.5, 0.6) is 0 Å². The van der Waals surface area contributed by atoms with Crippen molar-refractivity contribution in [2.24, 2.45) is 4.99 Å². The first-order chi connectivity index (χ1) is 10.7. The Hall–Kier alpha value is -0.390. The van der Waals surface area contributed by atoms with Crippen molar-refractivity contribution in [3.05, 3.63) is 0 Å². The maximum Gasteiger partial charge on any atom is 1.00 e. The van der Waals surface area contributed by atoms with Crippen molar-refractivity contribution in [1.29, 1.82) is 0 Å². The zero-order chi connectivity index (χ0) is 16.0. The summed E-state index contributed by atoms with van der Waals surface area (Å²) in [7, 11) is 0. The quantitative estimate of drug-likeness (QED) is 0.284. The number of hydrogen-bond acceptors (Lipinski definition) is 5. The summed E-state index contributed by atoms with van der Waals surface area (Å²) in [6, 6.07) is 0. The molecule has 0 bridgehead atoms. The predicted molar refractivity (Wildman–Crippen MR) is 88.7 cm³/mol. The number of Topliss-reactive ketones (excluding diaryl/α,β-unsaturated/α-hetero) is 1. The van der Waals surface area contributed by atoms with E-state index in [1.165, 1.54) is 56.3 Å². The molecule has 0 unspecified atom stereocenters. The molecule has 0 saturated heterocycles. The Morgan fingerprint density at radius 1 is 1.09 bits per heavy atom. The fourth-order valence-electron chi connectivity index (χ4n) is 2.48. The summed E-state index contributed by atoms with van der Waals surface area (Å²) in [6.45, 7) is 3.45. The van der Waals surface area contributed by atoms with Crippen LogP contribution in [-0.2, 0) is 14.4 Å². The van der Waals surface area contributed by atoms with Gasteiger partial charge >= 0.3 is 35.5 Å². The molecule has 0 spiro atoms. The minimum Gasteiger partial charge on any atom is -1.00 e. The molecule has 1 aliphatic rings. The summed E-state index contributed by atoms with van der Waals surface area (Å²) in [5.74, 6) is -0.502. The SMILES string of the molecule is CCCCCCCCCCCC(=O)CC(=O)ON1C=NCC1.[H-].[Na+]. The van der Waals surface area contributed by atoms with Crippen LogP contribution in [-0.4, -0.2) is 36.2 Å². The van der Waals surface area contributed by atoms with E-state index < -0.39 is 5.97 Å². The summed E-state index contributed by atoms with van der Waals surface area (Å²) in [5, 5.41) is 1.38. The van der Waals surface area contributed by atoms with Crippen LogP contribution in [0.3, 0.4) is 0 Å². The first kappa shape index (κ1) is 22.6. The predicted octanol–water partition coefficient (Wildman–Crippen LogP) is 0.785. The van der Waals surface area contributed by atoms with Gasteiger partial charge in [0.15, 0.2) is 0 Å². The Balaban J connectivity index is 0. The van der Waals surface area contributed by atoms with Gasteiger partial charge in [-0.3, -0.25) is 9.79 Å². The molecule has 5 nitrogen and oxygen atoms in total. The normalized spacial score (nSPS) is 13.0. The van der Waals surface area contributed by atoms with Gasteiger partial charge in [0.25, 0.3) is 0 Å². The van der Waals surface area contributed by atoms with Crippen LogP contribution in [0.25, 0.3) is 0 Å². The molecule has 0 atom stereocenters. The van der Waals surface area contributed by atoms with E-state index in [0.29, 0.717) is 19.5 Å². The second kappa shape index (κ2) is 15.2. The second-order valence-corrected chi connectivity index (χ2v) is 5.92. The van der Waals surface area contributed by atoms with E-state index >= 15 is 0 Å². The third-order valence-electron chi connectivity index (χ3n) is 3.78. The third-order valence-corrected chi connectivity index (χ3v) is 3.78. The van der Waals surface area contributed by atoms with Crippen LogP contribution < -0.4 is 29.6 Å². The Morgan fingerprint density at radius 3 is 2.26 bits per heavy atom. The topological polar surface area (TPSA) is 59.0 Å². The number of ketones is 1. The number of aliphatic imine (C=N–C) groups is 1. The van der Waals surface area contributed by atoms with E-state index in [1.54, 1.807) is 0 Å². The van der Waals surface area contributed by atoms with Crippen LogP contribution in [0.15, 0.2) is 4.99 Å². The number of nitrogens with zero attached hydrogens (tertiary/aromatic N) is 2. The van der Waals surface area contributed by atoms with Gasteiger partial charge in [-0.2, -0.15) is 5.06 Å². The van der Waals surface area contributed by atoms with E-state index in [0.717, 1.165) is 12.8 Å². The first-order valence-corrected chi connectivity index (χ1v) is 8.71. The van der Waals surface area contributed by atoms with Crippen molar-refractivity contribution in [2.45, 2.75) is 77.6 Å². The first-order valence-electron chi connectivity index (χ1n) is 8.71. The van der Waals surface area contributed by atoms with Gasteiger partial charge in [0, 0.05) is 6.42 Å². The average Bonchev–Trinajstić information content (AvgIpc) is 2.98. The number of carbonyl (C=O) groups excluding carboxylic acids is 2. The van der Waals surface area contributed by atoms with Crippen molar-refractivity contribution in [1.82, 2.24) is 5.06 Å². The van der Waals surface area contributed by atoms with Gasteiger partial charge < -0.3 is 6.26 Å². The smallest absolute Gasteiger partial charge is 1.00 e. The number of unbranched alkanes of at least 4 members (excludes halogenated alkanes) is 8. The Kier molecular flexibility index (Phi) is 14.9.